The molecule has 0 aromatic heterocycles. The number of benzene rings is 1. The minimum absolute atomic E-state index is 0.370. The van der Waals surface area contributed by atoms with Crippen LogP contribution >= 0.6 is 0 Å². The second-order valence-corrected chi connectivity index (χ2v) is 5.45. The normalized spacial score (nSPS) is 15.9. The minimum Gasteiger partial charge on any atom is -0.497 e. The molecule has 1 saturated carbocycles. The Bertz CT molecular complexity index is 494. The predicted molar refractivity (Wildman–Crippen MR) is 85.2 cm³/mol. The van der Waals surface area contributed by atoms with E-state index in [0.29, 0.717) is 19.3 Å². The van der Waals surface area contributed by atoms with Gasteiger partial charge in [-0.2, -0.15) is 0 Å². The van der Waals surface area contributed by atoms with Crippen molar-refractivity contribution in [3.05, 3.63) is 29.3 Å². The lowest BCUT2D eigenvalue weighted by Gasteiger charge is -2.16. The molecule has 114 valence electrons. The summed E-state index contributed by atoms with van der Waals surface area (Å²) in [5.74, 6) is 6.87. The average molecular weight is 287 g/mol. The van der Waals surface area contributed by atoms with Gasteiger partial charge >= 0.3 is 0 Å². The van der Waals surface area contributed by atoms with Crippen molar-refractivity contribution >= 4 is 0 Å². The molecule has 0 unspecified atom stereocenters. The highest BCUT2D eigenvalue weighted by atomic mass is 16.5. The standard InChI is InChI=1S/C18H25NO2/c1-20-18-11-10-15(7-6-12-19)16(13-18)14-21-17-8-4-2-3-5-9-17/h10-11,13,17H,2-5,8-9,12,14,19H2,1H3. The molecule has 0 spiro atoms. The van der Waals surface area contributed by atoms with Crippen molar-refractivity contribution in [1.29, 1.82) is 0 Å². The van der Waals surface area contributed by atoms with Gasteiger partial charge in [-0.05, 0) is 36.6 Å². The third-order valence-electron chi connectivity index (χ3n) is 3.91. The van der Waals surface area contributed by atoms with Gasteiger partial charge in [0.1, 0.15) is 5.75 Å². The topological polar surface area (TPSA) is 44.5 Å². The van der Waals surface area contributed by atoms with Crippen molar-refractivity contribution in [2.24, 2.45) is 5.73 Å². The fourth-order valence-electron chi connectivity index (χ4n) is 2.70. The Balaban J connectivity index is 2.05. The molecule has 0 saturated heterocycles. The number of nitrogens with two attached hydrogens (primary N) is 1. The van der Waals surface area contributed by atoms with Crippen LogP contribution in [0.5, 0.6) is 5.75 Å². The molecule has 1 aromatic rings. The molecule has 2 rings (SSSR count). The van der Waals surface area contributed by atoms with E-state index in [1.807, 2.05) is 18.2 Å². The summed E-state index contributed by atoms with van der Waals surface area (Å²) in [4.78, 5) is 0. The van der Waals surface area contributed by atoms with Crippen LogP contribution in [0.3, 0.4) is 0 Å². The van der Waals surface area contributed by atoms with Crippen LogP contribution in [0, 0.1) is 11.8 Å². The summed E-state index contributed by atoms with van der Waals surface area (Å²) in [7, 11) is 1.68. The maximum atomic E-state index is 6.11. The van der Waals surface area contributed by atoms with E-state index in [4.69, 9.17) is 15.2 Å². The molecule has 0 aliphatic heterocycles. The van der Waals surface area contributed by atoms with E-state index in [-0.39, 0.29) is 0 Å². The summed E-state index contributed by atoms with van der Waals surface area (Å²) in [5.41, 5.74) is 7.53. The van der Waals surface area contributed by atoms with Crippen LogP contribution in [0.2, 0.25) is 0 Å². The van der Waals surface area contributed by atoms with E-state index in [1.54, 1.807) is 7.11 Å². The van der Waals surface area contributed by atoms with Gasteiger partial charge in [-0.15, -0.1) is 0 Å². The number of ether oxygens (including phenoxy) is 2. The Morgan fingerprint density at radius 1 is 1.19 bits per heavy atom. The smallest absolute Gasteiger partial charge is 0.119 e. The second kappa shape index (κ2) is 8.71. The lowest BCUT2D eigenvalue weighted by molar-refractivity contribution is 0.0308. The van der Waals surface area contributed by atoms with Crippen LogP contribution in [0.25, 0.3) is 0 Å². The largest absolute Gasteiger partial charge is 0.497 e. The number of rotatable bonds is 4. The number of hydrogen-bond acceptors (Lipinski definition) is 3. The average Bonchev–Trinajstić information content (AvgIpc) is 2.80. The van der Waals surface area contributed by atoms with Crippen molar-refractivity contribution in [2.75, 3.05) is 13.7 Å². The van der Waals surface area contributed by atoms with E-state index in [1.165, 1.54) is 38.5 Å². The van der Waals surface area contributed by atoms with Gasteiger partial charge in [-0.3, -0.25) is 0 Å². The molecule has 1 aromatic carbocycles. The zero-order valence-electron chi connectivity index (χ0n) is 12.9. The molecule has 2 N–H and O–H groups in total. The van der Waals surface area contributed by atoms with Crippen LogP contribution in [0.15, 0.2) is 18.2 Å². The van der Waals surface area contributed by atoms with E-state index >= 15 is 0 Å². The van der Waals surface area contributed by atoms with Crippen LogP contribution < -0.4 is 10.5 Å². The summed E-state index contributed by atoms with van der Waals surface area (Å²) in [6.07, 6.45) is 7.97. The fourth-order valence-corrected chi connectivity index (χ4v) is 2.70. The van der Waals surface area contributed by atoms with Gasteiger partial charge in [0.25, 0.3) is 0 Å². The molecule has 1 fully saturated rings. The van der Waals surface area contributed by atoms with Crippen LogP contribution in [-0.4, -0.2) is 19.8 Å². The molecule has 0 amide bonds. The van der Waals surface area contributed by atoms with Crippen molar-refractivity contribution in [3.8, 4) is 17.6 Å². The first-order chi connectivity index (χ1) is 10.3. The molecule has 3 heteroatoms. The third-order valence-corrected chi connectivity index (χ3v) is 3.91. The lowest BCUT2D eigenvalue weighted by Crippen LogP contribution is -2.12. The lowest BCUT2D eigenvalue weighted by atomic mass is 10.1. The highest BCUT2D eigenvalue weighted by Gasteiger charge is 2.13. The zero-order valence-corrected chi connectivity index (χ0v) is 12.9. The van der Waals surface area contributed by atoms with Gasteiger partial charge in [0.05, 0.1) is 26.4 Å². The second-order valence-electron chi connectivity index (χ2n) is 5.45. The molecule has 1 aliphatic carbocycles. The molecule has 0 radical (unpaired) electrons. The van der Waals surface area contributed by atoms with Crippen molar-refractivity contribution in [3.63, 3.8) is 0 Å². The van der Waals surface area contributed by atoms with Gasteiger partial charge in [0.2, 0.25) is 0 Å². The summed E-state index contributed by atoms with van der Waals surface area (Å²) in [5, 5.41) is 0. The first-order valence-electron chi connectivity index (χ1n) is 7.81. The summed E-state index contributed by atoms with van der Waals surface area (Å²) in [6, 6.07) is 5.92. The SMILES string of the molecule is COc1ccc(C#CCN)c(COC2CCCCCC2)c1. The first kappa shape index (κ1) is 15.9. The van der Waals surface area contributed by atoms with E-state index in [0.717, 1.165) is 16.9 Å². The molecule has 0 heterocycles. The quantitative estimate of drug-likeness (QED) is 0.683. The number of methoxy groups -OCH3 is 1. The Labute approximate surface area is 127 Å². The van der Waals surface area contributed by atoms with Crippen LogP contribution in [0.1, 0.15) is 49.7 Å². The minimum atomic E-state index is 0.370. The fraction of sp³-hybridized carbons (Fsp3) is 0.556. The Kier molecular flexibility index (Phi) is 6.59. The summed E-state index contributed by atoms with van der Waals surface area (Å²) < 4.78 is 11.4. The van der Waals surface area contributed by atoms with Gasteiger partial charge in [-0.1, -0.05) is 37.5 Å². The third kappa shape index (κ3) is 5.08. The molecule has 21 heavy (non-hydrogen) atoms. The maximum Gasteiger partial charge on any atom is 0.119 e. The van der Waals surface area contributed by atoms with Gasteiger partial charge in [-0.25, -0.2) is 0 Å². The Hall–Kier alpha value is -1.50. The first-order valence-corrected chi connectivity index (χ1v) is 7.81. The van der Waals surface area contributed by atoms with Crippen molar-refractivity contribution in [2.45, 2.75) is 51.2 Å². The predicted octanol–water partition coefficient (Wildman–Crippen LogP) is 3.24. The summed E-state index contributed by atoms with van der Waals surface area (Å²) >= 11 is 0. The molecule has 0 atom stereocenters. The molecular formula is C18H25NO2. The zero-order chi connectivity index (χ0) is 14.9. The molecule has 0 bridgehead atoms. The number of hydrogen-bond donors (Lipinski definition) is 1. The van der Waals surface area contributed by atoms with Crippen molar-refractivity contribution in [1.82, 2.24) is 0 Å². The van der Waals surface area contributed by atoms with Crippen molar-refractivity contribution < 1.29 is 9.47 Å². The van der Waals surface area contributed by atoms with Crippen LogP contribution in [-0.2, 0) is 11.3 Å². The Morgan fingerprint density at radius 2 is 1.95 bits per heavy atom. The van der Waals surface area contributed by atoms with Crippen LogP contribution in [0.4, 0.5) is 0 Å². The highest BCUT2D eigenvalue weighted by molar-refractivity contribution is 5.45. The van der Waals surface area contributed by atoms with Gasteiger partial charge in [0.15, 0.2) is 0 Å². The van der Waals surface area contributed by atoms with Gasteiger partial charge in [0, 0.05) is 5.56 Å². The molecular weight excluding hydrogens is 262 g/mol. The van der Waals surface area contributed by atoms with E-state index in [2.05, 4.69) is 11.8 Å². The van der Waals surface area contributed by atoms with E-state index < -0.39 is 0 Å². The monoisotopic (exact) mass is 287 g/mol. The van der Waals surface area contributed by atoms with Gasteiger partial charge < -0.3 is 15.2 Å². The highest BCUT2D eigenvalue weighted by Crippen LogP contribution is 2.23. The molecule has 1 aliphatic rings. The summed E-state index contributed by atoms with van der Waals surface area (Å²) in [6.45, 7) is 0.964. The van der Waals surface area contributed by atoms with E-state index in [9.17, 15) is 0 Å². The maximum absolute atomic E-state index is 6.11. The Morgan fingerprint density at radius 3 is 2.62 bits per heavy atom. The molecule has 3 nitrogen and oxygen atoms in total.